The third-order valence-electron chi connectivity index (χ3n) is 1.77. The Morgan fingerprint density at radius 2 is 2.38 bits per heavy atom. The predicted octanol–water partition coefficient (Wildman–Crippen LogP) is 1.66. The zero-order chi connectivity index (χ0) is 5.98. The van der Waals surface area contributed by atoms with E-state index in [9.17, 15) is 0 Å². The summed E-state index contributed by atoms with van der Waals surface area (Å²) < 4.78 is 0. The van der Waals surface area contributed by atoms with Crippen molar-refractivity contribution in [3.63, 3.8) is 0 Å². The van der Waals surface area contributed by atoms with Crippen molar-refractivity contribution >= 4 is 0 Å². The van der Waals surface area contributed by atoms with E-state index >= 15 is 0 Å². The summed E-state index contributed by atoms with van der Waals surface area (Å²) >= 11 is 0. The smallest absolute Gasteiger partial charge is 0.0181 e. The van der Waals surface area contributed by atoms with Crippen LogP contribution in [-0.2, 0) is 0 Å². The quantitative estimate of drug-likeness (QED) is 0.542. The van der Waals surface area contributed by atoms with Gasteiger partial charge in [-0.25, -0.2) is 0 Å². The minimum Gasteiger partial charge on any atom is -0.388 e. The third kappa shape index (κ3) is 0.857. The van der Waals surface area contributed by atoms with Crippen LogP contribution in [0.5, 0.6) is 0 Å². The molecule has 0 aromatic heterocycles. The molecular weight excluding hydrogens is 98.1 g/mol. The van der Waals surface area contributed by atoms with Gasteiger partial charge >= 0.3 is 0 Å². The lowest BCUT2D eigenvalue weighted by atomic mass is 10.1. The Bertz CT molecular complexity index is 114. The van der Waals surface area contributed by atoms with Gasteiger partial charge in [-0.1, -0.05) is 12.5 Å². The molecule has 0 aliphatic carbocycles. The standard InChI is InChI=1S/C7H13N/c1-3-7-4-5-8-6(7)2/h8H,3-5H2,1-2H3. The van der Waals surface area contributed by atoms with Crippen LogP contribution < -0.4 is 5.32 Å². The van der Waals surface area contributed by atoms with Gasteiger partial charge in [0.25, 0.3) is 0 Å². The van der Waals surface area contributed by atoms with E-state index in [1.54, 1.807) is 5.57 Å². The van der Waals surface area contributed by atoms with Crippen molar-refractivity contribution in [1.82, 2.24) is 5.32 Å². The van der Waals surface area contributed by atoms with Crippen LogP contribution in [0.25, 0.3) is 0 Å². The Kier molecular flexibility index (Phi) is 1.56. The molecule has 1 heteroatoms. The molecule has 1 N–H and O–H groups in total. The maximum absolute atomic E-state index is 3.30. The lowest BCUT2D eigenvalue weighted by Gasteiger charge is -1.94. The zero-order valence-corrected chi connectivity index (χ0v) is 5.62. The van der Waals surface area contributed by atoms with Crippen LogP contribution in [0.2, 0.25) is 0 Å². The first-order valence-corrected chi connectivity index (χ1v) is 3.27. The molecule has 0 radical (unpaired) electrons. The predicted molar refractivity (Wildman–Crippen MR) is 35.6 cm³/mol. The molecule has 0 saturated heterocycles. The molecule has 1 nitrogen and oxygen atoms in total. The molecule has 46 valence electrons. The van der Waals surface area contributed by atoms with E-state index in [0.29, 0.717) is 0 Å². The largest absolute Gasteiger partial charge is 0.388 e. The van der Waals surface area contributed by atoms with Crippen molar-refractivity contribution in [3.05, 3.63) is 11.3 Å². The van der Waals surface area contributed by atoms with Crippen LogP contribution in [-0.4, -0.2) is 6.54 Å². The summed E-state index contributed by atoms with van der Waals surface area (Å²) in [5, 5.41) is 3.30. The van der Waals surface area contributed by atoms with Crippen LogP contribution in [0.3, 0.4) is 0 Å². The minimum atomic E-state index is 1.16. The van der Waals surface area contributed by atoms with Crippen LogP contribution in [0.1, 0.15) is 26.7 Å². The first-order valence-electron chi connectivity index (χ1n) is 3.27. The summed E-state index contributed by atoms with van der Waals surface area (Å²) in [5.41, 5.74) is 3.01. The first-order chi connectivity index (χ1) is 3.84. The molecule has 0 atom stereocenters. The Hall–Kier alpha value is -0.460. The molecule has 1 aliphatic rings. The molecule has 0 saturated carbocycles. The highest BCUT2D eigenvalue weighted by Crippen LogP contribution is 2.14. The lowest BCUT2D eigenvalue weighted by molar-refractivity contribution is 0.866. The fraction of sp³-hybridized carbons (Fsp3) is 0.714. The van der Waals surface area contributed by atoms with E-state index in [0.717, 1.165) is 6.54 Å². The lowest BCUT2D eigenvalue weighted by Crippen LogP contribution is -2.03. The molecule has 0 aromatic carbocycles. The van der Waals surface area contributed by atoms with Crippen molar-refractivity contribution < 1.29 is 0 Å². The second kappa shape index (κ2) is 2.21. The van der Waals surface area contributed by atoms with E-state index in [1.165, 1.54) is 18.5 Å². The minimum absolute atomic E-state index is 1.16. The average molecular weight is 111 g/mol. The van der Waals surface area contributed by atoms with E-state index in [4.69, 9.17) is 0 Å². The molecule has 0 bridgehead atoms. The average Bonchev–Trinajstić information content (AvgIpc) is 2.14. The molecule has 1 aliphatic heterocycles. The van der Waals surface area contributed by atoms with Gasteiger partial charge in [-0.2, -0.15) is 0 Å². The summed E-state index contributed by atoms with van der Waals surface area (Å²) in [4.78, 5) is 0. The first kappa shape index (κ1) is 5.67. The Morgan fingerprint density at radius 1 is 1.62 bits per heavy atom. The van der Waals surface area contributed by atoms with Crippen LogP contribution in [0, 0.1) is 0 Å². The van der Waals surface area contributed by atoms with Gasteiger partial charge in [0.05, 0.1) is 0 Å². The Labute approximate surface area is 50.8 Å². The summed E-state index contributed by atoms with van der Waals surface area (Å²) in [7, 11) is 0. The molecule has 0 amide bonds. The number of hydrogen-bond donors (Lipinski definition) is 1. The summed E-state index contributed by atoms with van der Waals surface area (Å²) in [6, 6.07) is 0. The second-order valence-corrected chi connectivity index (χ2v) is 2.26. The highest BCUT2D eigenvalue weighted by molar-refractivity contribution is 5.15. The van der Waals surface area contributed by atoms with Crippen LogP contribution >= 0.6 is 0 Å². The Balaban J connectivity index is 2.58. The highest BCUT2D eigenvalue weighted by atomic mass is 14.9. The van der Waals surface area contributed by atoms with Gasteiger partial charge in [0.15, 0.2) is 0 Å². The number of nitrogens with one attached hydrogen (secondary N) is 1. The summed E-state index contributed by atoms with van der Waals surface area (Å²) in [6.45, 7) is 5.53. The normalized spacial score (nSPS) is 19.2. The fourth-order valence-electron chi connectivity index (χ4n) is 1.16. The SMILES string of the molecule is CCC1=C(C)NCC1. The van der Waals surface area contributed by atoms with Crippen molar-refractivity contribution in [3.8, 4) is 0 Å². The van der Waals surface area contributed by atoms with E-state index in [1.807, 2.05) is 0 Å². The number of allylic oxidation sites excluding steroid dienone is 1. The van der Waals surface area contributed by atoms with E-state index < -0.39 is 0 Å². The zero-order valence-electron chi connectivity index (χ0n) is 5.62. The number of hydrogen-bond acceptors (Lipinski definition) is 1. The monoisotopic (exact) mass is 111 g/mol. The molecule has 0 spiro atoms. The molecule has 0 aromatic rings. The van der Waals surface area contributed by atoms with Gasteiger partial charge in [-0.3, -0.25) is 0 Å². The van der Waals surface area contributed by atoms with Gasteiger partial charge in [0.2, 0.25) is 0 Å². The maximum Gasteiger partial charge on any atom is 0.0181 e. The molecule has 0 unspecified atom stereocenters. The molecule has 1 heterocycles. The van der Waals surface area contributed by atoms with Gasteiger partial charge in [0, 0.05) is 12.2 Å². The van der Waals surface area contributed by atoms with Crippen LogP contribution in [0.4, 0.5) is 0 Å². The van der Waals surface area contributed by atoms with Crippen molar-refractivity contribution in [2.24, 2.45) is 0 Å². The van der Waals surface area contributed by atoms with Crippen molar-refractivity contribution in [2.75, 3.05) is 6.54 Å². The summed E-state index contributed by atoms with van der Waals surface area (Å²) in [5.74, 6) is 0. The van der Waals surface area contributed by atoms with Gasteiger partial charge in [-0.05, 0) is 19.8 Å². The van der Waals surface area contributed by atoms with Crippen molar-refractivity contribution in [1.29, 1.82) is 0 Å². The van der Waals surface area contributed by atoms with Gasteiger partial charge in [-0.15, -0.1) is 0 Å². The topological polar surface area (TPSA) is 12.0 Å². The molecule has 8 heavy (non-hydrogen) atoms. The number of rotatable bonds is 1. The third-order valence-corrected chi connectivity index (χ3v) is 1.77. The second-order valence-electron chi connectivity index (χ2n) is 2.26. The van der Waals surface area contributed by atoms with Gasteiger partial charge in [0.1, 0.15) is 0 Å². The summed E-state index contributed by atoms with van der Waals surface area (Å²) in [6.07, 6.45) is 2.49. The molecular formula is C7H13N. The maximum atomic E-state index is 3.30. The Morgan fingerprint density at radius 3 is 2.62 bits per heavy atom. The van der Waals surface area contributed by atoms with Crippen molar-refractivity contribution in [2.45, 2.75) is 26.7 Å². The van der Waals surface area contributed by atoms with Crippen LogP contribution in [0.15, 0.2) is 11.3 Å². The fourth-order valence-corrected chi connectivity index (χ4v) is 1.16. The van der Waals surface area contributed by atoms with Gasteiger partial charge < -0.3 is 5.32 Å². The van der Waals surface area contributed by atoms with E-state index in [2.05, 4.69) is 19.2 Å². The van der Waals surface area contributed by atoms with E-state index in [-0.39, 0.29) is 0 Å². The molecule has 0 fully saturated rings. The molecule has 1 rings (SSSR count). The highest BCUT2D eigenvalue weighted by Gasteiger charge is 2.05.